The van der Waals surface area contributed by atoms with Crippen LogP contribution in [-0.2, 0) is 15.9 Å². The maximum Gasteiger partial charge on any atom is 0.0940 e. The number of aryl methyl sites for hydroxylation is 1. The summed E-state index contributed by atoms with van der Waals surface area (Å²) in [6.07, 6.45) is 4.15. The van der Waals surface area contributed by atoms with E-state index < -0.39 is 0 Å². The molecule has 3 unspecified atom stereocenters. The highest BCUT2D eigenvalue weighted by molar-refractivity contribution is 5.25. The molecule has 2 saturated heterocycles. The summed E-state index contributed by atoms with van der Waals surface area (Å²) in [4.78, 5) is 0. The Morgan fingerprint density at radius 2 is 2.14 bits per heavy atom. The van der Waals surface area contributed by atoms with Crippen molar-refractivity contribution in [2.75, 3.05) is 19.8 Å². The van der Waals surface area contributed by atoms with Crippen molar-refractivity contribution < 1.29 is 9.47 Å². The van der Waals surface area contributed by atoms with Gasteiger partial charge in [-0.1, -0.05) is 31.2 Å². The van der Waals surface area contributed by atoms with Crippen LogP contribution < -0.4 is 11.3 Å². The zero-order valence-corrected chi connectivity index (χ0v) is 12.8. The highest BCUT2D eigenvalue weighted by Gasteiger charge is 2.43. The molecule has 2 aliphatic heterocycles. The van der Waals surface area contributed by atoms with E-state index in [1.165, 1.54) is 11.1 Å². The fourth-order valence-electron chi connectivity index (χ4n) is 3.68. The van der Waals surface area contributed by atoms with Crippen molar-refractivity contribution in [1.29, 1.82) is 0 Å². The Balaban J connectivity index is 1.75. The molecule has 0 amide bonds. The highest BCUT2D eigenvalue weighted by Crippen LogP contribution is 2.40. The number of nitrogens with one attached hydrogen (secondary N) is 1. The molecule has 1 spiro atoms. The van der Waals surface area contributed by atoms with E-state index in [4.69, 9.17) is 15.3 Å². The molecule has 116 valence electrons. The molecule has 2 fully saturated rings. The summed E-state index contributed by atoms with van der Waals surface area (Å²) in [6.45, 7) is 4.53. The third-order valence-corrected chi connectivity index (χ3v) is 5.00. The number of hydrogen-bond donors (Lipinski definition) is 2. The van der Waals surface area contributed by atoms with Crippen LogP contribution in [0.15, 0.2) is 24.3 Å². The molecule has 3 rings (SSSR count). The first-order valence-corrected chi connectivity index (χ1v) is 8.03. The normalized spacial score (nSPS) is 30.7. The van der Waals surface area contributed by atoms with Crippen molar-refractivity contribution in [2.45, 2.75) is 44.2 Å². The number of benzene rings is 1. The number of hydrogen-bond acceptors (Lipinski definition) is 4. The molecule has 0 aliphatic carbocycles. The van der Waals surface area contributed by atoms with E-state index in [2.05, 4.69) is 36.6 Å². The summed E-state index contributed by atoms with van der Waals surface area (Å²) in [5.74, 6) is 6.37. The van der Waals surface area contributed by atoms with E-state index in [9.17, 15) is 0 Å². The molecule has 0 aromatic heterocycles. The van der Waals surface area contributed by atoms with E-state index >= 15 is 0 Å². The van der Waals surface area contributed by atoms with Gasteiger partial charge in [-0.15, -0.1) is 0 Å². The molecule has 4 heteroatoms. The molecular weight excluding hydrogens is 264 g/mol. The Morgan fingerprint density at radius 3 is 2.76 bits per heavy atom. The smallest absolute Gasteiger partial charge is 0.0940 e. The molecule has 0 bridgehead atoms. The molecule has 4 nitrogen and oxygen atoms in total. The molecule has 3 atom stereocenters. The van der Waals surface area contributed by atoms with Crippen molar-refractivity contribution in [3.8, 4) is 0 Å². The van der Waals surface area contributed by atoms with Crippen molar-refractivity contribution in [3.63, 3.8) is 0 Å². The third kappa shape index (κ3) is 3.14. The van der Waals surface area contributed by atoms with Crippen molar-refractivity contribution >= 4 is 0 Å². The number of hydrazine groups is 1. The molecule has 2 heterocycles. The Labute approximate surface area is 127 Å². The van der Waals surface area contributed by atoms with E-state index in [-0.39, 0.29) is 11.6 Å². The Morgan fingerprint density at radius 1 is 1.33 bits per heavy atom. The van der Waals surface area contributed by atoms with Crippen LogP contribution in [0.5, 0.6) is 0 Å². The van der Waals surface area contributed by atoms with Gasteiger partial charge >= 0.3 is 0 Å². The SMILES string of the molecule is CCc1ccc(C(NN)C2CCOC3(CCOC3)C2)cc1. The van der Waals surface area contributed by atoms with Gasteiger partial charge in [0.15, 0.2) is 0 Å². The van der Waals surface area contributed by atoms with Gasteiger partial charge in [0, 0.05) is 25.7 Å². The number of rotatable bonds is 4. The van der Waals surface area contributed by atoms with Crippen molar-refractivity contribution in [1.82, 2.24) is 5.43 Å². The molecule has 2 aliphatic rings. The van der Waals surface area contributed by atoms with E-state index in [0.29, 0.717) is 5.92 Å². The van der Waals surface area contributed by atoms with Gasteiger partial charge in [-0.25, -0.2) is 0 Å². The van der Waals surface area contributed by atoms with E-state index in [0.717, 1.165) is 45.5 Å². The topological polar surface area (TPSA) is 56.5 Å². The van der Waals surface area contributed by atoms with Crippen LogP contribution in [-0.4, -0.2) is 25.4 Å². The molecule has 0 radical (unpaired) electrons. The van der Waals surface area contributed by atoms with Crippen LogP contribution in [0.2, 0.25) is 0 Å². The molecule has 21 heavy (non-hydrogen) atoms. The van der Waals surface area contributed by atoms with Gasteiger partial charge < -0.3 is 9.47 Å². The van der Waals surface area contributed by atoms with Gasteiger partial charge in [-0.2, -0.15) is 0 Å². The van der Waals surface area contributed by atoms with Gasteiger partial charge in [0.25, 0.3) is 0 Å². The second-order valence-electron chi connectivity index (χ2n) is 6.33. The highest BCUT2D eigenvalue weighted by atomic mass is 16.6. The molecule has 3 N–H and O–H groups in total. The third-order valence-electron chi connectivity index (χ3n) is 5.00. The summed E-state index contributed by atoms with van der Waals surface area (Å²) < 4.78 is 11.6. The quantitative estimate of drug-likeness (QED) is 0.660. The summed E-state index contributed by atoms with van der Waals surface area (Å²) in [5, 5.41) is 0. The second kappa shape index (κ2) is 6.44. The fraction of sp³-hybridized carbons (Fsp3) is 0.647. The standard InChI is InChI=1S/C17H26N2O2/c1-2-13-3-5-14(6-4-13)16(19-18)15-7-9-21-17(11-15)8-10-20-12-17/h3-6,15-16,19H,2,7-12,18H2,1H3. The minimum absolute atomic E-state index is 0.0681. The van der Waals surface area contributed by atoms with E-state index in [1.54, 1.807) is 0 Å². The minimum Gasteiger partial charge on any atom is -0.378 e. The predicted molar refractivity (Wildman–Crippen MR) is 82.7 cm³/mol. The van der Waals surface area contributed by atoms with Crippen LogP contribution in [0, 0.1) is 5.92 Å². The van der Waals surface area contributed by atoms with Crippen LogP contribution in [0.4, 0.5) is 0 Å². The lowest BCUT2D eigenvalue weighted by molar-refractivity contribution is -0.103. The monoisotopic (exact) mass is 290 g/mol. The maximum absolute atomic E-state index is 6.03. The lowest BCUT2D eigenvalue weighted by atomic mass is 9.79. The fourth-order valence-corrected chi connectivity index (χ4v) is 3.68. The first-order valence-electron chi connectivity index (χ1n) is 8.03. The second-order valence-corrected chi connectivity index (χ2v) is 6.33. The van der Waals surface area contributed by atoms with Crippen LogP contribution in [0.1, 0.15) is 43.4 Å². The minimum atomic E-state index is -0.0681. The average molecular weight is 290 g/mol. The van der Waals surface area contributed by atoms with Crippen molar-refractivity contribution in [2.24, 2.45) is 11.8 Å². The lowest BCUT2D eigenvalue weighted by Gasteiger charge is -2.40. The van der Waals surface area contributed by atoms with Crippen LogP contribution in [0.3, 0.4) is 0 Å². The molecule has 1 aromatic rings. The first-order chi connectivity index (χ1) is 10.3. The largest absolute Gasteiger partial charge is 0.378 e. The van der Waals surface area contributed by atoms with E-state index in [1.807, 2.05) is 0 Å². The molecule has 0 saturated carbocycles. The van der Waals surface area contributed by atoms with Gasteiger partial charge in [0.2, 0.25) is 0 Å². The van der Waals surface area contributed by atoms with Crippen molar-refractivity contribution in [3.05, 3.63) is 35.4 Å². The van der Waals surface area contributed by atoms with Gasteiger partial charge in [0.05, 0.1) is 12.2 Å². The average Bonchev–Trinajstić information content (AvgIpc) is 2.96. The summed E-state index contributed by atoms with van der Waals surface area (Å²) in [6, 6.07) is 9.01. The Bertz CT molecular complexity index is 454. The molecule has 1 aromatic carbocycles. The zero-order valence-electron chi connectivity index (χ0n) is 12.8. The Kier molecular flexibility index (Phi) is 4.60. The number of ether oxygens (including phenoxy) is 2. The summed E-state index contributed by atoms with van der Waals surface area (Å²) in [7, 11) is 0. The van der Waals surface area contributed by atoms with Gasteiger partial charge in [0.1, 0.15) is 0 Å². The van der Waals surface area contributed by atoms with Crippen LogP contribution in [0.25, 0.3) is 0 Å². The van der Waals surface area contributed by atoms with Gasteiger partial charge in [-0.05, 0) is 36.3 Å². The van der Waals surface area contributed by atoms with Gasteiger partial charge in [-0.3, -0.25) is 11.3 Å². The first kappa shape index (κ1) is 15.0. The van der Waals surface area contributed by atoms with Crippen LogP contribution >= 0.6 is 0 Å². The Hall–Kier alpha value is -0.940. The lowest BCUT2D eigenvalue weighted by Crippen LogP contribution is -2.45. The number of nitrogens with two attached hydrogens (primary N) is 1. The zero-order chi connectivity index (χ0) is 14.7. The maximum atomic E-state index is 6.03. The predicted octanol–water partition coefficient (Wildman–Crippen LogP) is 2.34. The summed E-state index contributed by atoms with van der Waals surface area (Å²) >= 11 is 0. The summed E-state index contributed by atoms with van der Waals surface area (Å²) in [5.41, 5.74) is 5.60. The molecular formula is C17H26N2O2.